The molecular weight excluding hydrogens is 552 g/mol. The molecule has 0 atom stereocenters. The van der Waals surface area contributed by atoms with E-state index >= 15 is 0 Å². The molecule has 6 nitrogen and oxygen atoms in total. The number of fused-ring (bicyclic) bond motifs is 9. The van der Waals surface area contributed by atoms with E-state index in [4.69, 9.17) is 5.10 Å². The summed E-state index contributed by atoms with van der Waals surface area (Å²) in [6, 6.07) is 41.6. The molecule has 0 N–H and O–H groups in total. The molecule has 5 heterocycles. The predicted molar refractivity (Wildman–Crippen MR) is 182 cm³/mol. The lowest BCUT2D eigenvalue weighted by atomic mass is 9.98. The number of rotatable bonds is 3. The first-order valence-corrected chi connectivity index (χ1v) is 15.3. The van der Waals surface area contributed by atoms with E-state index in [1.54, 1.807) is 0 Å². The summed E-state index contributed by atoms with van der Waals surface area (Å²) in [5, 5.41) is 9.98. The lowest BCUT2D eigenvalue weighted by molar-refractivity contribution is 0.459. The zero-order valence-corrected chi connectivity index (χ0v) is 24.9. The summed E-state index contributed by atoms with van der Waals surface area (Å²) in [7, 11) is 0. The van der Waals surface area contributed by atoms with Crippen molar-refractivity contribution in [3.63, 3.8) is 0 Å². The van der Waals surface area contributed by atoms with Gasteiger partial charge in [0.2, 0.25) is 0 Å². The Labute approximate surface area is 259 Å². The highest BCUT2D eigenvalue weighted by molar-refractivity contribution is 6.12. The van der Waals surface area contributed by atoms with Crippen LogP contribution in [0.15, 0.2) is 134 Å². The summed E-state index contributed by atoms with van der Waals surface area (Å²) in [6.45, 7) is 4.45. The molecule has 4 aromatic heterocycles. The molecule has 0 saturated heterocycles. The van der Waals surface area contributed by atoms with Crippen LogP contribution in [-0.2, 0) is 5.54 Å². The number of aromatic nitrogens is 6. The molecule has 0 radical (unpaired) electrons. The molecule has 0 amide bonds. The molecular formula is C39H28N6. The Kier molecular flexibility index (Phi) is 4.70. The third-order valence-corrected chi connectivity index (χ3v) is 9.68. The van der Waals surface area contributed by atoms with E-state index in [2.05, 4.69) is 154 Å². The van der Waals surface area contributed by atoms with Gasteiger partial charge in [-0.1, -0.05) is 54.6 Å². The van der Waals surface area contributed by atoms with Crippen LogP contribution in [0.1, 0.15) is 19.4 Å². The number of benzene rings is 5. The Morgan fingerprint density at radius 3 is 1.84 bits per heavy atom. The van der Waals surface area contributed by atoms with Crippen LogP contribution in [-0.4, -0.2) is 28.5 Å². The van der Waals surface area contributed by atoms with Gasteiger partial charge in [0.15, 0.2) is 5.82 Å². The normalized spacial score (nSPS) is 13.7. The van der Waals surface area contributed by atoms with Gasteiger partial charge in [-0.3, -0.25) is 0 Å². The van der Waals surface area contributed by atoms with Gasteiger partial charge in [0.1, 0.15) is 5.69 Å². The molecule has 5 aromatic carbocycles. The van der Waals surface area contributed by atoms with Gasteiger partial charge in [-0.2, -0.15) is 5.10 Å². The molecule has 0 spiro atoms. The molecule has 0 saturated carbocycles. The second-order valence-corrected chi connectivity index (χ2v) is 12.5. The van der Waals surface area contributed by atoms with E-state index in [1.165, 1.54) is 43.7 Å². The number of para-hydroxylation sites is 3. The van der Waals surface area contributed by atoms with Crippen molar-refractivity contribution in [1.82, 2.24) is 28.5 Å². The number of nitrogens with zero attached hydrogens (tertiary/aromatic N) is 6. The molecule has 214 valence electrons. The predicted octanol–water partition coefficient (Wildman–Crippen LogP) is 9.03. The van der Waals surface area contributed by atoms with Gasteiger partial charge in [-0.15, -0.1) is 0 Å². The second-order valence-electron chi connectivity index (χ2n) is 12.5. The summed E-state index contributed by atoms with van der Waals surface area (Å²) in [4.78, 5) is 4.63. The van der Waals surface area contributed by atoms with E-state index < -0.39 is 0 Å². The van der Waals surface area contributed by atoms with Crippen molar-refractivity contribution in [2.24, 2.45) is 0 Å². The Bertz CT molecular complexity index is 2570. The largest absolute Gasteiger partial charge is 0.320 e. The molecule has 1 aliphatic heterocycles. The van der Waals surface area contributed by atoms with Crippen molar-refractivity contribution < 1.29 is 0 Å². The Hall–Kier alpha value is -5.88. The highest BCUT2D eigenvalue weighted by Crippen LogP contribution is 2.43. The Morgan fingerprint density at radius 1 is 0.556 bits per heavy atom. The first-order chi connectivity index (χ1) is 22.1. The zero-order valence-electron chi connectivity index (χ0n) is 24.9. The van der Waals surface area contributed by atoms with Gasteiger partial charge in [0, 0.05) is 57.1 Å². The molecule has 0 fully saturated rings. The van der Waals surface area contributed by atoms with E-state index in [1.807, 2.05) is 17.1 Å². The van der Waals surface area contributed by atoms with Crippen molar-refractivity contribution in [2.75, 3.05) is 0 Å². The smallest absolute Gasteiger partial charge is 0.161 e. The Morgan fingerprint density at radius 2 is 1.13 bits per heavy atom. The van der Waals surface area contributed by atoms with Crippen LogP contribution in [0.3, 0.4) is 0 Å². The Balaban J connectivity index is 1.24. The van der Waals surface area contributed by atoms with Crippen LogP contribution in [0.25, 0.3) is 72.2 Å². The van der Waals surface area contributed by atoms with Crippen LogP contribution < -0.4 is 0 Å². The summed E-state index contributed by atoms with van der Waals surface area (Å²) in [5.74, 6) is 0.923. The van der Waals surface area contributed by atoms with Crippen LogP contribution in [0.5, 0.6) is 0 Å². The number of hydrogen-bond acceptors (Lipinski definition) is 2. The van der Waals surface area contributed by atoms with Gasteiger partial charge in [0.05, 0.1) is 33.3 Å². The van der Waals surface area contributed by atoms with Gasteiger partial charge in [-0.25, -0.2) is 9.67 Å². The summed E-state index contributed by atoms with van der Waals surface area (Å²) in [6.07, 6.45) is 6.07. The third-order valence-electron chi connectivity index (χ3n) is 9.68. The minimum absolute atomic E-state index is 0.204. The number of imidazole rings is 1. The van der Waals surface area contributed by atoms with Crippen molar-refractivity contribution in [1.29, 1.82) is 0 Å². The quantitative estimate of drug-likeness (QED) is 0.209. The van der Waals surface area contributed by atoms with Gasteiger partial charge in [0.25, 0.3) is 0 Å². The maximum absolute atomic E-state index is 5.07. The van der Waals surface area contributed by atoms with Crippen molar-refractivity contribution in [3.8, 4) is 28.6 Å². The van der Waals surface area contributed by atoms with Crippen LogP contribution >= 0.6 is 0 Å². The standard InChI is InChI=1S/C39H28N6/c1-39(2)32-24-43(41-37(32)38-40-20-21-42(38)39)26-16-18-35-30(22-26)31-23-27(17-19-36(31)44(35)25-10-4-3-5-11-25)45-33-14-8-6-12-28(33)29-13-7-9-15-34(29)45/h3-24H,1-2H3. The van der Waals surface area contributed by atoms with E-state index in [9.17, 15) is 0 Å². The molecule has 45 heavy (non-hydrogen) atoms. The van der Waals surface area contributed by atoms with E-state index in [0.717, 1.165) is 34.1 Å². The molecule has 0 unspecified atom stereocenters. The van der Waals surface area contributed by atoms with Gasteiger partial charge < -0.3 is 13.7 Å². The maximum atomic E-state index is 5.07. The lowest BCUT2D eigenvalue weighted by Crippen LogP contribution is -2.22. The van der Waals surface area contributed by atoms with E-state index in [0.29, 0.717) is 0 Å². The molecule has 9 aromatic rings. The minimum atomic E-state index is -0.204. The highest BCUT2D eigenvalue weighted by Gasteiger charge is 2.38. The van der Waals surface area contributed by atoms with Crippen molar-refractivity contribution >= 4 is 43.6 Å². The van der Waals surface area contributed by atoms with Gasteiger partial charge >= 0.3 is 0 Å². The van der Waals surface area contributed by atoms with Crippen LogP contribution in [0.2, 0.25) is 0 Å². The van der Waals surface area contributed by atoms with Gasteiger partial charge in [-0.05, 0) is 74.5 Å². The maximum Gasteiger partial charge on any atom is 0.161 e. The fourth-order valence-corrected chi connectivity index (χ4v) is 7.52. The first-order valence-electron chi connectivity index (χ1n) is 15.3. The summed E-state index contributed by atoms with van der Waals surface area (Å²) >= 11 is 0. The number of hydrogen-bond donors (Lipinski definition) is 0. The van der Waals surface area contributed by atoms with Crippen LogP contribution in [0, 0.1) is 0 Å². The topological polar surface area (TPSA) is 45.5 Å². The van der Waals surface area contributed by atoms with Crippen LogP contribution in [0.4, 0.5) is 0 Å². The second kappa shape index (κ2) is 8.61. The fraction of sp³-hybridized carbons (Fsp3) is 0.0769. The molecule has 10 rings (SSSR count). The fourth-order valence-electron chi connectivity index (χ4n) is 7.52. The average molecular weight is 581 g/mol. The van der Waals surface area contributed by atoms with Crippen molar-refractivity contribution in [3.05, 3.63) is 139 Å². The molecule has 6 heteroatoms. The monoisotopic (exact) mass is 580 g/mol. The average Bonchev–Trinajstić information content (AvgIpc) is 3.88. The summed E-state index contributed by atoms with van der Waals surface area (Å²) < 4.78 is 8.99. The molecule has 0 aliphatic carbocycles. The molecule has 0 bridgehead atoms. The third kappa shape index (κ3) is 3.23. The molecule has 1 aliphatic rings. The SMILES string of the molecule is CC1(C)c2cn(-c3ccc4c(c3)c3cc(-n5c6ccccc6c6ccccc65)ccc3n4-c3ccccc3)nc2-c2nccn21. The lowest BCUT2D eigenvalue weighted by Gasteiger charge is -2.21. The highest BCUT2D eigenvalue weighted by atomic mass is 15.3. The zero-order chi connectivity index (χ0) is 29.9. The minimum Gasteiger partial charge on any atom is -0.320 e. The first kappa shape index (κ1) is 24.6. The summed E-state index contributed by atoms with van der Waals surface area (Å²) in [5.41, 5.74) is 9.99. The van der Waals surface area contributed by atoms with E-state index in [-0.39, 0.29) is 5.54 Å². The van der Waals surface area contributed by atoms with Crippen molar-refractivity contribution in [2.45, 2.75) is 19.4 Å².